The number of hydrogen-bond donors (Lipinski definition) is 1. The summed E-state index contributed by atoms with van der Waals surface area (Å²) in [6.07, 6.45) is 2.40. The molecule has 0 spiro atoms. The van der Waals surface area contributed by atoms with Gasteiger partial charge < -0.3 is 15.4 Å². The van der Waals surface area contributed by atoms with E-state index in [1.54, 1.807) is 6.07 Å². The average molecular weight is 262 g/mol. The Balaban J connectivity index is 2.36. The lowest BCUT2D eigenvalue weighted by Gasteiger charge is -2.39. The molecule has 0 aliphatic carbocycles. The Bertz CT molecular complexity index is 473. The summed E-state index contributed by atoms with van der Waals surface area (Å²) in [5.41, 5.74) is 8.07. The van der Waals surface area contributed by atoms with Crippen molar-refractivity contribution in [1.29, 1.82) is 0 Å². The lowest BCUT2D eigenvalue weighted by Crippen LogP contribution is -2.41. The quantitative estimate of drug-likeness (QED) is 0.657. The monoisotopic (exact) mass is 262 g/mol. The first kappa shape index (κ1) is 13.7. The predicted molar refractivity (Wildman–Crippen MR) is 77.4 cm³/mol. The number of nitrogens with zero attached hydrogens (tertiary/aromatic N) is 1. The van der Waals surface area contributed by atoms with Crippen LogP contribution in [0.15, 0.2) is 18.2 Å². The fourth-order valence-electron chi connectivity index (χ4n) is 2.72. The summed E-state index contributed by atoms with van der Waals surface area (Å²) in [5.74, 6) is 0.273. The Morgan fingerprint density at radius 2 is 2.11 bits per heavy atom. The number of nitrogen functional groups attached to an aromatic ring is 1. The van der Waals surface area contributed by atoms with E-state index in [9.17, 15) is 4.79 Å². The minimum absolute atomic E-state index is 0.378. The molecule has 0 saturated carbocycles. The van der Waals surface area contributed by atoms with E-state index in [1.165, 1.54) is 13.5 Å². The van der Waals surface area contributed by atoms with Crippen LogP contribution in [-0.2, 0) is 4.74 Å². The highest BCUT2D eigenvalue weighted by atomic mass is 16.5. The van der Waals surface area contributed by atoms with E-state index in [1.807, 2.05) is 12.1 Å². The summed E-state index contributed by atoms with van der Waals surface area (Å²) < 4.78 is 4.77. The fraction of sp³-hybridized carbons (Fsp3) is 0.533. The highest BCUT2D eigenvalue weighted by Gasteiger charge is 2.25. The SMILES string of the molecule is COC(=O)c1cccc(N2CC(C)CCC2C)c1N. The zero-order valence-corrected chi connectivity index (χ0v) is 11.8. The van der Waals surface area contributed by atoms with E-state index in [0.29, 0.717) is 23.2 Å². The molecule has 0 radical (unpaired) electrons. The number of rotatable bonds is 2. The van der Waals surface area contributed by atoms with E-state index in [-0.39, 0.29) is 5.97 Å². The molecule has 2 N–H and O–H groups in total. The first-order chi connectivity index (χ1) is 9.04. The highest BCUT2D eigenvalue weighted by molar-refractivity contribution is 5.98. The summed E-state index contributed by atoms with van der Waals surface area (Å²) >= 11 is 0. The van der Waals surface area contributed by atoms with Crippen molar-refractivity contribution in [3.05, 3.63) is 23.8 Å². The Kier molecular flexibility index (Phi) is 3.98. The van der Waals surface area contributed by atoms with Gasteiger partial charge in [-0.15, -0.1) is 0 Å². The molecule has 1 aliphatic rings. The van der Waals surface area contributed by atoms with Crippen molar-refractivity contribution >= 4 is 17.3 Å². The summed E-state index contributed by atoms with van der Waals surface area (Å²) in [6, 6.07) is 6.01. The van der Waals surface area contributed by atoms with Crippen molar-refractivity contribution in [3.63, 3.8) is 0 Å². The molecule has 2 rings (SSSR count). The smallest absolute Gasteiger partial charge is 0.340 e. The van der Waals surface area contributed by atoms with Gasteiger partial charge in [-0.05, 0) is 37.8 Å². The Morgan fingerprint density at radius 3 is 2.79 bits per heavy atom. The van der Waals surface area contributed by atoms with E-state index in [4.69, 9.17) is 10.5 Å². The Labute approximate surface area is 114 Å². The number of carbonyl (C=O) groups is 1. The van der Waals surface area contributed by atoms with Crippen LogP contribution in [0.25, 0.3) is 0 Å². The maximum atomic E-state index is 11.7. The second-order valence-electron chi connectivity index (χ2n) is 5.41. The van der Waals surface area contributed by atoms with Gasteiger partial charge in [0.2, 0.25) is 0 Å². The number of ether oxygens (including phenoxy) is 1. The van der Waals surface area contributed by atoms with Gasteiger partial charge in [-0.3, -0.25) is 0 Å². The van der Waals surface area contributed by atoms with Gasteiger partial charge in [0.25, 0.3) is 0 Å². The zero-order chi connectivity index (χ0) is 14.0. The molecule has 1 aromatic rings. The third-order valence-corrected chi connectivity index (χ3v) is 3.92. The summed E-state index contributed by atoms with van der Waals surface area (Å²) in [5, 5.41) is 0. The van der Waals surface area contributed by atoms with Crippen LogP contribution in [0.1, 0.15) is 37.0 Å². The second kappa shape index (κ2) is 5.51. The maximum absolute atomic E-state index is 11.7. The summed E-state index contributed by atoms with van der Waals surface area (Å²) in [7, 11) is 1.38. The predicted octanol–water partition coefficient (Wildman–Crippen LogP) is 2.68. The number of anilines is 2. The first-order valence-electron chi connectivity index (χ1n) is 6.78. The molecular formula is C15H22N2O2. The molecule has 0 aromatic heterocycles. The van der Waals surface area contributed by atoms with Gasteiger partial charge in [-0.25, -0.2) is 4.79 Å². The number of nitrogens with two attached hydrogens (primary N) is 1. The van der Waals surface area contributed by atoms with Gasteiger partial charge in [0.05, 0.1) is 24.0 Å². The molecular weight excluding hydrogens is 240 g/mol. The molecule has 104 valence electrons. The van der Waals surface area contributed by atoms with Crippen molar-refractivity contribution < 1.29 is 9.53 Å². The summed E-state index contributed by atoms with van der Waals surface area (Å²) in [6.45, 7) is 5.44. The second-order valence-corrected chi connectivity index (χ2v) is 5.41. The molecule has 19 heavy (non-hydrogen) atoms. The van der Waals surface area contributed by atoms with Crippen LogP contribution in [0.2, 0.25) is 0 Å². The molecule has 1 aromatic carbocycles. The number of piperidine rings is 1. The van der Waals surface area contributed by atoms with E-state index >= 15 is 0 Å². The molecule has 1 heterocycles. The number of benzene rings is 1. The molecule has 0 amide bonds. The van der Waals surface area contributed by atoms with Crippen LogP contribution < -0.4 is 10.6 Å². The fourth-order valence-corrected chi connectivity index (χ4v) is 2.72. The highest BCUT2D eigenvalue weighted by Crippen LogP contribution is 2.33. The van der Waals surface area contributed by atoms with Crippen LogP contribution in [-0.4, -0.2) is 25.7 Å². The average Bonchev–Trinajstić information content (AvgIpc) is 2.41. The van der Waals surface area contributed by atoms with Gasteiger partial charge in [0, 0.05) is 12.6 Å². The van der Waals surface area contributed by atoms with Crippen molar-refractivity contribution in [3.8, 4) is 0 Å². The molecule has 0 bridgehead atoms. The largest absolute Gasteiger partial charge is 0.465 e. The first-order valence-corrected chi connectivity index (χ1v) is 6.78. The van der Waals surface area contributed by atoms with Gasteiger partial charge in [-0.2, -0.15) is 0 Å². The standard InChI is InChI=1S/C15H22N2O2/c1-10-7-8-11(2)17(9-10)13-6-4-5-12(14(13)16)15(18)19-3/h4-6,10-11H,7-9,16H2,1-3H3. The number of carbonyl (C=O) groups excluding carboxylic acids is 1. The summed E-state index contributed by atoms with van der Waals surface area (Å²) in [4.78, 5) is 14.0. The molecule has 4 heteroatoms. The molecule has 1 aliphatic heterocycles. The molecule has 2 unspecified atom stereocenters. The minimum atomic E-state index is -0.378. The molecule has 2 atom stereocenters. The van der Waals surface area contributed by atoms with Crippen molar-refractivity contribution in [2.45, 2.75) is 32.7 Å². The normalized spacial score (nSPS) is 23.2. The van der Waals surface area contributed by atoms with Crippen LogP contribution in [0, 0.1) is 5.92 Å². The number of para-hydroxylation sites is 1. The van der Waals surface area contributed by atoms with Crippen LogP contribution in [0.3, 0.4) is 0 Å². The zero-order valence-electron chi connectivity index (χ0n) is 11.8. The number of esters is 1. The third kappa shape index (κ3) is 2.67. The van der Waals surface area contributed by atoms with E-state index in [2.05, 4.69) is 18.7 Å². The maximum Gasteiger partial charge on any atom is 0.340 e. The van der Waals surface area contributed by atoms with Gasteiger partial charge in [0.15, 0.2) is 0 Å². The molecule has 1 fully saturated rings. The molecule has 4 nitrogen and oxygen atoms in total. The number of methoxy groups -OCH3 is 1. The minimum Gasteiger partial charge on any atom is -0.465 e. The third-order valence-electron chi connectivity index (χ3n) is 3.92. The van der Waals surface area contributed by atoms with Crippen LogP contribution in [0.5, 0.6) is 0 Å². The Hall–Kier alpha value is -1.71. The number of hydrogen-bond acceptors (Lipinski definition) is 4. The van der Waals surface area contributed by atoms with Crippen molar-refractivity contribution in [2.75, 3.05) is 24.3 Å². The van der Waals surface area contributed by atoms with Crippen LogP contribution in [0.4, 0.5) is 11.4 Å². The molecule has 1 saturated heterocycles. The van der Waals surface area contributed by atoms with Gasteiger partial charge >= 0.3 is 5.97 Å². The van der Waals surface area contributed by atoms with Crippen molar-refractivity contribution in [2.24, 2.45) is 5.92 Å². The van der Waals surface area contributed by atoms with E-state index in [0.717, 1.165) is 18.7 Å². The lowest BCUT2D eigenvalue weighted by atomic mass is 9.94. The topological polar surface area (TPSA) is 55.6 Å². The van der Waals surface area contributed by atoms with Gasteiger partial charge in [0.1, 0.15) is 0 Å². The van der Waals surface area contributed by atoms with Gasteiger partial charge in [-0.1, -0.05) is 13.0 Å². The van der Waals surface area contributed by atoms with Crippen LogP contribution >= 0.6 is 0 Å². The Morgan fingerprint density at radius 1 is 1.37 bits per heavy atom. The van der Waals surface area contributed by atoms with Crippen molar-refractivity contribution in [1.82, 2.24) is 0 Å². The lowest BCUT2D eigenvalue weighted by molar-refractivity contribution is 0.0602. The van der Waals surface area contributed by atoms with E-state index < -0.39 is 0 Å².